The van der Waals surface area contributed by atoms with E-state index in [0.717, 1.165) is 13.8 Å². The second-order valence-electron chi connectivity index (χ2n) is 9.04. The van der Waals surface area contributed by atoms with Crippen molar-refractivity contribution in [3.8, 4) is 0 Å². The molecule has 2 aromatic rings. The number of ether oxygens (including phenoxy) is 5. The van der Waals surface area contributed by atoms with Gasteiger partial charge in [0.05, 0.1) is 11.8 Å². The summed E-state index contributed by atoms with van der Waals surface area (Å²) in [7, 11) is 0. The van der Waals surface area contributed by atoms with Crippen LogP contribution in [-0.4, -0.2) is 75.7 Å². The number of aromatic nitrogens is 3. The molecule has 1 aliphatic carbocycles. The van der Waals surface area contributed by atoms with Gasteiger partial charge in [0.2, 0.25) is 5.78 Å². The van der Waals surface area contributed by atoms with Gasteiger partial charge in [0.15, 0.2) is 30.1 Å². The van der Waals surface area contributed by atoms with Gasteiger partial charge in [0.25, 0.3) is 0 Å². The van der Waals surface area contributed by atoms with Gasteiger partial charge in [-0.05, 0) is 6.08 Å². The van der Waals surface area contributed by atoms with Gasteiger partial charge in [-0.15, -0.1) is 5.10 Å². The van der Waals surface area contributed by atoms with E-state index in [1.54, 1.807) is 42.5 Å². The van der Waals surface area contributed by atoms with Crippen LogP contribution in [0.15, 0.2) is 60.0 Å². The highest BCUT2D eigenvalue weighted by atomic mass is 16.6. The van der Waals surface area contributed by atoms with Gasteiger partial charge in [0, 0.05) is 33.3 Å². The average Bonchev–Trinajstić information content (AvgIpc) is 3.38. The SMILES string of the molecule is CC(=O)OC[C@H]1OC2=C([C@@H](OC(C)=O)[C@H](n3cc(C(=O)c4ccccc4)nn3)C=C2)[C@H](OC(C)=O)[C@@H]1OC(C)=O. The van der Waals surface area contributed by atoms with E-state index in [1.165, 1.54) is 24.7 Å². The van der Waals surface area contributed by atoms with Gasteiger partial charge in [-0.3, -0.25) is 24.0 Å². The van der Waals surface area contributed by atoms with Crippen LogP contribution in [0.2, 0.25) is 0 Å². The molecule has 0 unspecified atom stereocenters. The van der Waals surface area contributed by atoms with E-state index in [0.29, 0.717) is 5.56 Å². The zero-order valence-electron chi connectivity index (χ0n) is 22.1. The van der Waals surface area contributed by atoms with Crippen molar-refractivity contribution in [3.63, 3.8) is 0 Å². The lowest BCUT2D eigenvalue weighted by Gasteiger charge is -2.43. The fourth-order valence-electron chi connectivity index (χ4n) is 4.49. The predicted octanol–water partition coefficient (Wildman–Crippen LogP) is 1.63. The Labute approximate surface area is 228 Å². The van der Waals surface area contributed by atoms with Crippen LogP contribution in [0.25, 0.3) is 0 Å². The van der Waals surface area contributed by atoms with Crippen LogP contribution in [0.5, 0.6) is 0 Å². The number of hydrogen-bond donors (Lipinski definition) is 0. The Bertz CT molecular complexity index is 1380. The summed E-state index contributed by atoms with van der Waals surface area (Å²) < 4.78 is 29.2. The summed E-state index contributed by atoms with van der Waals surface area (Å²) >= 11 is 0. The van der Waals surface area contributed by atoms with Crippen molar-refractivity contribution in [1.82, 2.24) is 15.0 Å². The van der Waals surface area contributed by atoms with Crippen LogP contribution in [0.4, 0.5) is 0 Å². The third kappa shape index (κ3) is 6.25. The number of ketones is 1. The molecule has 0 radical (unpaired) electrons. The molecule has 40 heavy (non-hydrogen) atoms. The summed E-state index contributed by atoms with van der Waals surface area (Å²) in [5.41, 5.74) is 0.639. The van der Waals surface area contributed by atoms with E-state index >= 15 is 0 Å². The first kappa shape index (κ1) is 28.2. The molecule has 2 aliphatic rings. The molecule has 0 fully saturated rings. The number of carbonyl (C=O) groups is 5. The molecule has 1 aliphatic heterocycles. The van der Waals surface area contributed by atoms with E-state index in [-0.39, 0.29) is 29.4 Å². The minimum Gasteiger partial charge on any atom is -0.483 e. The smallest absolute Gasteiger partial charge is 0.303 e. The van der Waals surface area contributed by atoms with Gasteiger partial charge in [-0.1, -0.05) is 41.6 Å². The minimum atomic E-state index is -1.28. The molecule has 0 bridgehead atoms. The largest absolute Gasteiger partial charge is 0.483 e. The molecule has 0 spiro atoms. The normalized spacial score (nSPS) is 23.4. The lowest BCUT2D eigenvalue weighted by molar-refractivity contribution is -0.185. The molecule has 0 saturated carbocycles. The van der Waals surface area contributed by atoms with Crippen molar-refractivity contribution in [2.24, 2.45) is 0 Å². The van der Waals surface area contributed by atoms with E-state index in [2.05, 4.69) is 10.3 Å². The first-order valence-electron chi connectivity index (χ1n) is 12.3. The van der Waals surface area contributed by atoms with Gasteiger partial charge in [0.1, 0.15) is 18.4 Å². The third-order valence-electron chi connectivity index (χ3n) is 6.02. The highest BCUT2D eigenvalue weighted by molar-refractivity contribution is 6.07. The number of esters is 4. The summed E-state index contributed by atoms with van der Waals surface area (Å²) in [6.45, 7) is 4.40. The van der Waals surface area contributed by atoms with Crippen molar-refractivity contribution < 1.29 is 47.7 Å². The van der Waals surface area contributed by atoms with Crippen LogP contribution >= 0.6 is 0 Å². The van der Waals surface area contributed by atoms with Crippen LogP contribution in [0.3, 0.4) is 0 Å². The van der Waals surface area contributed by atoms with E-state index < -0.39 is 54.3 Å². The summed E-state index contributed by atoms with van der Waals surface area (Å²) in [6.07, 6.45) is -0.191. The van der Waals surface area contributed by atoms with Crippen LogP contribution < -0.4 is 0 Å². The highest BCUT2D eigenvalue weighted by Crippen LogP contribution is 2.40. The number of hydrogen-bond acceptors (Lipinski definition) is 12. The first-order chi connectivity index (χ1) is 19.0. The third-order valence-corrected chi connectivity index (χ3v) is 6.02. The van der Waals surface area contributed by atoms with E-state index in [4.69, 9.17) is 23.7 Å². The number of carbonyl (C=O) groups excluding carboxylic acids is 5. The zero-order chi connectivity index (χ0) is 29.0. The summed E-state index contributed by atoms with van der Waals surface area (Å²) in [5.74, 6) is -2.91. The topological polar surface area (TPSA) is 162 Å². The maximum atomic E-state index is 12.9. The Kier molecular flexibility index (Phi) is 8.41. The Morgan fingerprint density at radius 3 is 2.15 bits per heavy atom. The molecule has 210 valence electrons. The van der Waals surface area contributed by atoms with Gasteiger partial charge < -0.3 is 23.7 Å². The number of rotatable bonds is 8. The molecule has 0 saturated heterocycles. The molecule has 2 heterocycles. The molecular weight excluding hydrogens is 526 g/mol. The first-order valence-corrected chi connectivity index (χ1v) is 12.3. The summed E-state index contributed by atoms with van der Waals surface area (Å²) in [6, 6.07) is 7.66. The number of benzene rings is 1. The maximum absolute atomic E-state index is 12.9. The van der Waals surface area contributed by atoms with Crippen LogP contribution in [0.1, 0.15) is 49.8 Å². The maximum Gasteiger partial charge on any atom is 0.303 e. The Morgan fingerprint density at radius 2 is 1.52 bits per heavy atom. The highest BCUT2D eigenvalue weighted by Gasteiger charge is 2.50. The van der Waals surface area contributed by atoms with E-state index in [1.807, 2.05) is 0 Å². The van der Waals surface area contributed by atoms with Crippen molar-refractivity contribution in [2.45, 2.75) is 58.2 Å². The molecule has 0 N–H and O–H groups in total. The standard InChI is InChI=1S/C27H27N3O10/c1-14(31)36-13-22-26(38-16(3)33)27(39-17(4)34)23-21(40-22)11-10-20(25(23)37-15(2)32)30-12-19(28-29-30)24(35)18-8-6-5-7-9-18/h5-12,20,22,25-27H,13H2,1-4H3/t20-,22-,25+,26-,27+/m1/s1. The molecular formula is C27H27N3O10. The van der Waals surface area contributed by atoms with Gasteiger partial charge in [-0.2, -0.15) is 0 Å². The van der Waals surface area contributed by atoms with Crippen molar-refractivity contribution in [2.75, 3.05) is 6.61 Å². The Morgan fingerprint density at radius 1 is 0.875 bits per heavy atom. The minimum absolute atomic E-state index is 0.0524. The lowest BCUT2D eigenvalue weighted by Crippen LogP contribution is -2.54. The van der Waals surface area contributed by atoms with Crippen LogP contribution in [0, 0.1) is 0 Å². The van der Waals surface area contributed by atoms with Crippen LogP contribution in [-0.2, 0) is 42.9 Å². The number of nitrogens with zero attached hydrogens (tertiary/aromatic N) is 3. The molecule has 0 amide bonds. The van der Waals surface area contributed by atoms with Crippen molar-refractivity contribution in [3.05, 3.63) is 71.3 Å². The van der Waals surface area contributed by atoms with Gasteiger partial charge in [-0.25, -0.2) is 4.68 Å². The lowest BCUT2D eigenvalue weighted by atomic mass is 9.85. The van der Waals surface area contributed by atoms with Gasteiger partial charge >= 0.3 is 23.9 Å². The second-order valence-corrected chi connectivity index (χ2v) is 9.04. The summed E-state index contributed by atoms with van der Waals surface area (Å²) in [4.78, 5) is 60.8. The molecule has 1 aromatic heterocycles. The second kappa shape index (κ2) is 11.9. The Balaban J connectivity index is 1.75. The molecule has 13 nitrogen and oxygen atoms in total. The molecule has 13 heteroatoms. The summed E-state index contributed by atoms with van der Waals surface area (Å²) in [5, 5.41) is 8.09. The molecule has 4 rings (SSSR count). The Hall–Kier alpha value is -4.81. The van der Waals surface area contributed by atoms with Crippen molar-refractivity contribution in [1.29, 1.82) is 0 Å². The average molecular weight is 554 g/mol. The quantitative estimate of drug-likeness (QED) is 0.264. The predicted molar refractivity (Wildman–Crippen MR) is 133 cm³/mol. The van der Waals surface area contributed by atoms with Crippen molar-refractivity contribution >= 4 is 29.7 Å². The fraction of sp³-hybridized carbons (Fsp3) is 0.370. The monoisotopic (exact) mass is 553 g/mol. The number of allylic oxidation sites excluding steroid dienone is 1. The zero-order valence-corrected chi connectivity index (χ0v) is 22.1. The van der Waals surface area contributed by atoms with E-state index in [9.17, 15) is 24.0 Å². The molecule has 1 aromatic carbocycles. The fourth-order valence-corrected chi connectivity index (χ4v) is 4.49. The molecule has 5 atom stereocenters.